The summed E-state index contributed by atoms with van der Waals surface area (Å²) in [6.45, 7) is 2.06. The monoisotopic (exact) mass is 432 g/mol. The van der Waals surface area contributed by atoms with Gasteiger partial charge in [0.15, 0.2) is 0 Å². The molecule has 0 aliphatic carbocycles. The highest BCUT2D eigenvalue weighted by molar-refractivity contribution is 7.91. The third kappa shape index (κ3) is 4.04. The van der Waals surface area contributed by atoms with Gasteiger partial charge in [0.1, 0.15) is 15.7 Å². The van der Waals surface area contributed by atoms with Crippen LogP contribution in [-0.4, -0.2) is 56.2 Å². The molecular formula is C19H20N4O4S2. The van der Waals surface area contributed by atoms with Crippen molar-refractivity contribution < 1.29 is 13.2 Å². The number of piperazine rings is 1. The summed E-state index contributed by atoms with van der Waals surface area (Å²) in [5, 5.41) is 6.33. The predicted octanol–water partition coefficient (Wildman–Crippen LogP) is 2.02. The zero-order chi connectivity index (χ0) is 20.4. The van der Waals surface area contributed by atoms with Gasteiger partial charge in [0, 0.05) is 37.9 Å². The van der Waals surface area contributed by atoms with Gasteiger partial charge in [0.25, 0.3) is 15.6 Å². The summed E-state index contributed by atoms with van der Waals surface area (Å²) >= 11 is 1.15. The fraction of sp³-hybridized carbons (Fsp3) is 0.263. The third-order valence-electron chi connectivity index (χ3n) is 4.78. The molecule has 10 heteroatoms. The number of methoxy groups -OCH3 is 1. The molecule has 2 aromatic heterocycles. The van der Waals surface area contributed by atoms with Gasteiger partial charge in [-0.05, 0) is 42.5 Å². The summed E-state index contributed by atoms with van der Waals surface area (Å²) < 4.78 is 33.0. The van der Waals surface area contributed by atoms with Crippen LogP contribution in [0.5, 0.6) is 5.75 Å². The summed E-state index contributed by atoms with van der Waals surface area (Å²) in [4.78, 5) is 14.0. The summed E-state index contributed by atoms with van der Waals surface area (Å²) in [5.41, 5.74) is 1.29. The Bertz CT molecular complexity index is 1130. The predicted molar refractivity (Wildman–Crippen MR) is 112 cm³/mol. The molecule has 1 aliphatic rings. The van der Waals surface area contributed by atoms with E-state index in [9.17, 15) is 13.2 Å². The fourth-order valence-electron chi connectivity index (χ4n) is 3.19. The van der Waals surface area contributed by atoms with E-state index in [0.29, 0.717) is 36.8 Å². The number of hydrogen-bond donors (Lipinski definition) is 1. The zero-order valence-electron chi connectivity index (χ0n) is 15.7. The van der Waals surface area contributed by atoms with E-state index >= 15 is 0 Å². The summed E-state index contributed by atoms with van der Waals surface area (Å²) in [6, 6.07) is 14.0. The maximum atomic E-state index is 13.0. The van der Waals surface area contributed by atoms with Crippen molar-refractivity contribution >= 4 is 27.0 Å². The van der Waals surface area contributed by atoms with Crippen molar-refractivity contribution in [3.63, 3.8) is 0 Å². The lowest BCUT2D eigenvalue weighted by molar-refractivity contribution is 0.385. The smallest absolute Gasteiger partial charge is 0.264 e. The van der Waals surface area contributed by atoms with E-state index in [4.69, 9.17) is 4.74 Å². The van der Waals surface area contributed by atoms with Gasteiger partial charge in [-0.2, -0.15) is 9.40 Å². The molecule has 0 atom stereocenters. The van der Waals surface area contributed by atoms with Crippen LogP contribution >= 0.6 is 11.3 Å². The molecule has 1 N–H and O–H groups in total. The Hall–Kier alpha value is -2.69. The van der Waals surface area contributed by atoms with Gasteiger partial charge < -0.3 is 9.64 Å². The molecule has 152 valence electrons. The topological polar surface area (TPSA) is 95.6 Å². The van der Waals surface area contributed by atoms with E-state index in [1.54, 1.807) is 25.3 Å². The molecule has 1 aliphatic heterocycles. The van der Waals surface area contributed by atoms with Crippen molar-refractivity contribution in [3.05, 3.63) is 58.9 Å². The van der Waals surface area contributed by atoms with Crippen LogP contribution in [0.15, 0.2) is 57.5 Å². The van der Waals surface area contributed by atoms with Gasteiger partial charge in [-0.3, -0.25) is 4.79 Å². The highest BCUT2D eigenvalue weighted by Crippen LogP contribution is 2.31. The van der Waals surface area contributed by atoms with E-state index in [1.165, 1.54) is 10.4 Å². The molecule has 3 heterocycles. The number of aromatic amines is 1. The first-order valence-electron chi connectivity index (χ1n) is 9.02. The number of sulfonamides is 1. The van der Waals surface area contributed by atoms with E-state index in [-0.39, 0.29) is 9.77 Å². The molecule has 0 unspecified atom stereocenters. The normalized spacial score (nSPS) is 15.4. The first-order valence-corrected chi connectivity index (χ1v) is 11.3. The summed E-state index contributed by atoms with van der Waals surface area (Å²) in [6.07, 6.45) is 0. The van der Waals surface area contributed by atoms with Crippen LogP contribution in [-0.2, 0) is 10.0 Å². The highest BCUT2D eigenvalue weighted by Gasteiger charge is 2.30. The summed E-state index contributed by atoms with van der Waals surface area (Å²) in [7, 11) is -1.94. The van der Waals surface area contributed by atoms with Crippen LogP contribution in [0.25, 0.3) is 10.6 Å². The van der Waals surface area contributed by atoms with Crippen LogP contribution in [0.2, 0.25) is 0 Å². The van der Waals surface area contributed by atoms with Crippen molar-refractivity contribution in [1.29, 1.82) is 0 Å². The quantitative estimate of drug-likeness (QED) is 0.663. The van der Waals surface area contributed by atoms with Gasteiger partial charge in [0.05, 0.1) is 12.0 Å². The largest absolute Gasteiger partial charge is 0.497 e. The maximum Gasteiger partial charge on any atom is 0.264 e. The molecular weight excluding hydrogens is 412 g/mol. The Morgan fingerprint density at radius 1 is 1.00 bits per heavy atom. The Kier molecular flexibility index (Phi) is 5.39. The lowest BCUT2D eigenvalue weighted by Crippen LogP contribution is -2.48. The second-order valence-electron chi connectivity index (χ2n) is 6.51. The number of ether oxygens (including phenoxy) is 1. The first-order chi connectivity index (χ1) is 14.0. The minimum absolute atomic E-state index is 0.276. The van der Waals surface area contributed by atoms with Gasteiger partial charge in [0.2, 0.25) is 0 Å². The van der Waals surface area contributed by atoms with Crippen molar-refractivity contribution in [1.82, 2.24) is 14.5 Å². The Morgan fingerprint density at radius 2 is 1.72 bits per heavy atom. The Morgan fingerprint density at radius 3 is 2.34 bits per heavy atom. The number of anilines is 1. The SMILES string of the molecule is COc1ccc(N2CCN(S(=O)(=O)c3ccc(-c4ccc(=O)[nH]n4)s3)CC2)cc1. The molecule has 0 radical (unpaired) electrons. The minimum atomic E-state index is -3.57. The number of hydrogen-bond acceptors (Lipinski definition) is 7. The average molecular weight is 433 g/mol. The zero-order valence-corrected chi connectivity index (χ0v) is 17.4. The van der Waals surface area contributed by atoms with E-state index in [1.807, 2.05) is 24.3 Å². The molecule has 4 rings (SSSR count). The van der Waals surface area contributed by atoms with Crippen LogP contribution in [0.3, 0.4) is 0 Å². The number of thiophene rings is 1. The molecule has 1 saturated heterocycles. The lowest BCUT2D eigenvalue weighted by atomic mass is 10.2. The maximum absolute atomic E-state index is 13.0. The van der Waals surface area contributed by atoms with Gasteiger partial charge >= 0.3 is 0 Å². The molecule has 0 bridgehead atoms. The molecule has 8 nitrogen and oxygen atoms in total. The molecule has 1 fully saturated rings. The van der Waals surface area contributed by atoms with E-state index in [2.05, 4.69) is 15.1 Å². The van der Waals surface area contributed by atoms with Crippen molar-refractivity contribution in [2.75, 3.05) is 38.2 Å². The van der Waals surface area contributed by atoms with E-state index in [0.717, 1.165) is 22.8 Å². The molecule has 29 heavy (non-hydrogen) atoms. The van der Waals surface area contributed by atoms with Gasteiger partial charge in [-0.15, -0.1) is 11.3 Å². The van der Waals surface area contributed by atoms with Crippen molar-refractivity contribution in [2.45, 2.75) is 4.21 Å². The number of nitrogens with zero attached hydrogens (tertiary/aromatic N) is 3. The van der Waals surface area contributed by atoms with Crippen molar-refractivity contribution in [3.8, 4) is 16.3 Å². The molecule has 3 aromatic rings. The van der Waals surface area contributed by atoms with Gasteiger partial charge in [-0.1, -0.05) is 0 Å². The number of benzene rings is 1. The molecule has 0 saturated carbocycles. The lowest BCUT2D eigenvalue weighted by Gasteiger charge is -2.35. The molecule has 0 amide bonds. The molecule has 0 spiro atoms. The van der Waals surface area contributed by atoms with Crippen LogP contribution in [0.4, 0.5) is 5.69 Å². The first kappa shape index (κ1) is 19.6. The number of rotatable bonds is 5. The van der Waals surface area contributed by atoms with Crippen LogP contribution in [0, 0.1) is 0 Å². The number of nitrogens with one attached hydrogen (secondary N) is 1. The molecule has 1 aromatic carbocycles. The number of aromatic nitrogens is 2. The standard InChI is InChI=1S/C19H20N4O4S2/c1-27-15-4-2-14(3-5-15)22-10-12-23(13-11-22)29(25,26)19-9-7-17(28-19)16-6-8-18(24)21-20-16/h2-9H,10-13H2,1H3,(H,21,24). The van der Waals surface area contributed by atoms with Crippen LogP contribution < -0.4 is 15.2 Å². The Labute approximate surface area is 172 Å². The Balaban J connectivity index is 1.46. The van der Waals surface area contributed by atoms with Crippen molar-refractivity contribution in [2.24, 2.45) is 0 Å². The summed E-state index contributed by atoms with van der Waals surface area (Å²) in [5.74, 6) is 0.792. The third-order valence-corrected chi connectivity index (χ3v) is 8.26. The number of H-pyrrole nitrogens is 1. The highest BCUT2D eigenvalue weighted by atomic mass is 32.2. The minimum Gasteiger partial charge on any atom is -0.497 e. The van der Waals surface area contributed by atoms with Gasteiger partial charge in [-0.25, -0.2) is 13.5 Å². The second-order valence-corrected chi connectivity index (χ2v) is 9.76. The average Bonchev–Trinajstić information content (AvgIpc) is 3.26. The fourth-order valence-corrected chi connectivity index (χ4v) is 6.04. The van der Waals surface area contributed by atoms with E-state index < -0.39 is 10.0 Å². The second kappa shape index (κ2) is 7.97. The van der Waals surface area contributed by atoms with Crippen LogP contribution in [0.1, 0.15) is 0 Å².